The van der Waals surface area contributed by atoms with E-state index in [0.29, 0.717) is 16.3 Å². The molecule has 0 amide bonds. The van der Waals surface area contributed by atoms with Crippen LogP contribution in [-0.4, -0.2) is 68.6 Å². The third-order valence-corrected chi connectivity index (χ3v) is 6.22. The molecule has 1 aliphatic rings. The molecular formula is C22H24N2O5S. The summed E-state index contributed by atoms with van der Waals surface area (Å²) in [4.78, 5) is 27.6. The number of carbonyl (C=O) groups is 1. The van der Waals surface area contributed by atoms with Gasteiger partial charge in [0.1, 0.15) is 6.61 Å². The molecule has 1 aromatic heterocycles. The Kier molecular flexibility index (Phi) is 6.59. The van der Waals surface area contributed by atoms with Crippen LogP contribution in [0.15, 0.2) is 41.2 Å². The number of nitrogens with one attached hydrogen (secondary N) is 1. The molecule has 3 aromatic rings. The number of nitrogens with zero attached hydrogens (tertiary/aromatic N) is 1. The van der Waals surface area contributed by atoms with Crippen LogP contribution in [0, 0.1) is 0 Å². The standard InChI is InChI=1S/C22H24N2O5S/c25-10-13-29-22(27)15-4-5-16-19(14-15)30-18-3-1-2-17(20(18)21(16)26)23-6-7-24-8-11-28-12-9-24/h1-5,14,23,25H,6-13H2. The maximum atomic E-state index is 13.2. The van der Waals surface area contributed by atoms with Gasteiger partial charge in [-0.3, -0.25) is 9.69 Å². The number of ether oxygens (including phenoxy) is 2. The minimum Gasteiger partial charge on any atom is -0.460 e. The molecule has 4 rings (SSSR count). The van der Waals surface area contributed by atoms with Gasteiger partial charge in [0.05, 0.1) is 30.8 Å². The summed E-state index contributed by atoms with van der Waals surface area (Å²) >= 11 is 1.47. The molecule has 0 atom stereocenters. The van der Waals surface area contributed by atoms with Gasteiger partial charge in [0.2, 0.25) is 0 Å². The Bertz CT molecular complexity index is 1110. The van der Waals surface area contributed by atoms with Crippen molar-refractivity contribution in [3.8, 4) is 0 Å². The van der Waals surface area contributed by atoms with Gasteiger partial charge in [-0.1, -0.05) is 6.07 Å². The first-order valence-corrected chi connectivity index (χ1v) is 10.8. The predicted molar refractivity (Wildman–Crippen MR) is 119 cm³/mol. The zero-order valence-corrected chi connectivity index (χ0v) is 17.4. The van der Waals surface area contributed by atoms with Crippen LogP contribution in [0.25, 0.3) is 20.2 Å². The van der Waals surface area contributed by atoms with Gasteiger partial charge in [-0.2, -0.15) is 0 Å². The van der Waals surface area contributed by atoms with Crippen molar-refractivity contribution in [2.45, 2.75) is 0 Å². The van der Waals surface area contributed by atoms with Gasteiger partial charge in [0.25, 0.3) is 0 Å². The second-order valence-corrected chi connectivity index (χ2v) is 8.14. The number of rotatable bonds is 7. The first kappa shape index (κ1) is 20.7. The van der Waals surface area contributed by atoms with Crippen LogP contribution in [0.2, 0.25) is 0 Å². The van der Waals surface area contributed by atoms with Crippen molar-refractivity contribution in [1.29, 1.82) is 0 Å². The number of fused-ring (bicyclic) bond motifs is 2. The first-order chi connectivity index (χ1) is 14.7. The van der Waals surface area contributed by atoms with Crippen LogP contribution in [-0.2, 0) is 9.47 Å². The minimum absolute atomic E-state index is 0.0513. The largest absolute Gasteiger partial charge is 0.460 e. The Hall–Kier alpha value is -2.52. The summed E-state index contributed by atoms with van der Waals surface area (Å²) in [7, 11) is 0. The molecule has 2 heterocycles. The van der Waals surface area contributed by atoms with Crippen LogP contribution in [0.3, 0.4) is 0 Å². The Morgan fingerprint density at radius 1 is 1.20 bits per heavy atom. The number of anilines is 1. The molecule has 1 aliphatic heterocycles. The Morgan fingerprint density at radius 3 is 2.83 bits per heavy atom. The van der Waals surface area contributed by atoms with Crippen LogP contribution in [0.4, 0.5) is 5.69 Å². The van der Waals surface area contributed by atoms with Gasteiger partial charge in [-0.05, 0) is 30.3 Å². The van der Waals surface area contributed by atoms with Gasteiger partial charge in [-0.15, -0.1) is 11.3 Å². The number of hydrogen-bond donors (Lipinski definition) is 2. The number of aliphatic hydroxyl groups is 1. The zero-order chi connectivity index (χ0) is 20.9. The molecule has 30 heavy (non-hydrogen) atoms. The van der Waals surface area contributed by atoms with Crippen molar-refractivity contribution in [3.63, 3.8) is 0 Å². The summed E-state index contributed by atoms with van der Waals surface area (Å²) in [6.45, 7) is 4.76. The lowest BCUT2D eigenvalue weighted by Gasteiger charge is -2.26. The molecule has 0 radical (unpaired) electrons. The molecule has 8 heteroatoms. The van der Waals surface area contributed by atoms with Crippen molar-refractivity contribution < 1.29 is 19.4 Å². The Morgan fingerprint density at radius 2 is 2.03 bits per heavy atom. The predicted octanol–water partition coefficient (Wildman–Crippen LogP) is 2.31. The molecule has 1 fully saturated rings. The van der Waals surface area contributed by atoms with Gasteiger partial charge < -0.3 is 19.9 Å². The van der Waals surface area contributed by atoms with E-state index in [0.717, 1.165) is 54.5 Å². The number of esters is 1. The fraction of sp³-hybridized carbons (Fsp3) is 0.364. The highest BCUT2D eigenvalue weighted by Gasteiger charge is 2.14. The Labute approximate surface area is 177 Å². The maximum absolute atomic E-state index is 13.2. The van der Waals surface area contributed by atoms with E-state index in [1.54, 1.807) is 18.2 Å². The fourth-order valence-corrected chi connectivity index (χ4v) is 4.71. The molecule has 2 N–H and O–H groups in total. The van der Waals surface area contributed by atoms with E-state index in [1.165, 1.54) is 11.3 Å². The number of aliphatic hydroxyl groups excluding tert-OH is 1. The number of morpholine rings is 1. The minimum atomic E-state index is -0.510. The summed E-state index contributed by atoms with van der Waals surface area (Å²) in [6.07, 6.45) is 0. The van der Waals surface area contributed by atoms with Crippen molar-refractivity contribution >= 4 is 43.2 Å². The molecule has 0 bridgehead atoms. The van der Waals surface area contributed by atoms with Crippen molar-refractivity contribution in [2.75, 3.05) is 57.9 Å². The van der Waals surface area contributed by atoms with E-state index in [1.807, 2.05) is 18.2 Å². The van der Waals surface area contributed by atoms with E-state index in [9.17, 15) is 9.59 Å². The number of benzene rings is 2. The van der Waals surface area contributed by atoms with Crippen molar-refractivity contribution in [3.05, 3.63) is 52.2 Å². The molecule has 1 saturated heterocycles. The lowest BCUT2D eigenvalue weighted by atomic mass is 10.1. The molecular weight excluding hydrogens is 404 g/mol. The lowest BCUT2D eigenvalue weighted by Crippen LogP contribution is -2.39. The van der Waals surface area contributed by atoms with E-state index >= 15 is 0 Å². The van der Waals surface area contributed by atoms with E-state index in [2.05, 4.69) is 10.2 Å². The second-order valence-electron chi connectivity index (χ2n) is 7.06. The topological polar surface area (TPSA) is 88.1 Å². The van der Waals surface area contributed by atoms with Gasteiger partial charge in [0, 0.05) is 46.7 Å². The summed E-state index contributed by atoms with van der Waals surface area (Å²) in [5.41, 5.74) is 1.14. The summed E-state index contributed by atoms with van der Waals surface area (Å²) in [5, 5.41) is 13.5. The van der Waals surface area contributed by atoms with E-state index in [4.69, 9.17) is 14.6 Å². The average molecular weight is 429 g/mol. The monoisotopic (exact) mass is 428 g/mol. The smallest absolute Gasteiger partial charge is 0.338 e. The van der Waals surface area contributed by atoms with Gasteiger partial charge in [0.15, 0.2) is 5.43 Å². The summed E-state index contributed by atoms with van der Waals surface area (Å²) in [5.74, 6) is -0.510. The van der Waals surface area contributed by atoms with Crippen LogP contribution >= 0.6 is 11.3 Å². The normalized spacial score (nSPS) is 14.8. The quantitative estimate of drug-likeness (QED) is 0.441. The van der Waals surface area contributed by atoms with E-state index in [-0.39, 0.29) is 18.6 Å². The maximum Gasteiger partial charge on any atom is 0.338 e. The third kappa shape index (κ3) is 4.46. The lowest BCUT2D eigenvalue weighted by molar-refractivity contribution is 0.0398. The molecule has 0 unspecified atom stereocenters. The highest BCUT2D eigenvalue weighted by molar-refractivity contribution is 7.24. The molecule has 158 valence electrons. The molecule has 0 saturated carbocycles. The average Bonchev–Trinajstić information content (AvgIpc) is 2.78. The van der Waals surface area contributed by atoms with Crippen LogP contribution in [0.1, 0.15) is 10.4 Å². The number of hydrogen-bond acceptors (Lipinski definition) is 8. The first-order valence-electron chi connectivity index (χ1n) is 9.99. The van der Waals surface area contributed by atoms with Crippen LogP contribution < -0.4 is 10.7 Å². The van der Waals surface area contributed by atoms with Crippen LogP contribution in [0.5, 0.6) is 0 Å². The molecule has 2 aromatic carbocycles. The van der Waals surface area contributed by atoms with Crippen molar-refractivity contribution in [1.82, 2.24) is 4.90 Å². The summed E-state index contributed by atoms with van der Waals surface area (Å²) < 4.78 is 12.0. The molecule has 7 nitrogen and oxygen atoms in total. The zero-order valence-electron chi connectivity index (χ0n) is 16.6. The Balaban J connectivity index is 1.61. The highest BCUT2D eigenvalue weighted by Crippen LogP contribution is 2.29. The van der Waals surface area contributed by atoms with Gasteiger partial charge >= 0.3 is 5.97 Å². The fourth-order valence-electron chi connectivity index (χ4n) is 3.57. The van der Waals surface area contributed by atoms with Gasteiger partial charge in [-0.25, -0.2) is 4.79 Å². The van der Waals surface area contributed by atoms with E-state index < -0.39 is 5.97 Å². The number of carbonyl (C=O) groups excluding carboxylic acids is 1. The SMILES string of the molecule is O=C(OCCO)c1ccc2c(=O)c3c(NCCN4CCOCC4)cccc3sc2c1. The molecule has 0 aliphatic carbocycles. The molecule has 0 spiro atoms. The van der Waals surface area contributed by atoms with Crippen molar-refractivity contribution in [2.24, 2.45) is 0 Å². The second kappa shape index (κ2) is 9.53. The summed E-state index contributed by atoms with van der Waals surface area (Å²) in [6, 6.07) is 10.7. The highest BCUT2D eigenvalue weighted by atomic mass is 32.1. The third-order valence-electron chi connectivity index (χ3n) is 5.11.